The smallest absolute Gasteiger partial charge is 0.251 e. The van der Waals surface area contributed by atoms with E-state index in [1.807, 2.05) is 0 Å². The number of aromatic nitrogens is 1. The normalized spacial score (nSPS) is 10.2. The third-order valence-electron chi connectivity index (χ3n) is 2.64. The maximum atomic E-state index is 13.3. The molecule has 0 bridgehead atoms. The summed E-state index contributed by atoms with van der Waals surface area (Å²) in [6.45, 7) is 0.315. The minimum Gasteiger partial charge on any atom is -0.481 e. The van der Waals surface area contributed by atoms with Gasteiger partial charge in [-0.3, -0.25) is 4.79 Å². The Kier molecular flexibility index (Phi) is 4.68. The second-order valence-corrected chi connectivity index (χ2v) is 4.87. The molecule has 1 N–H and O–H groups in total. The van der Waals surface area contributed by atoms with Crippen LogP contribution in [0, 0.1) is 5.82 Å². The first-order valence-corrected chi connectivity index (χ1v) is 6.61. The number of halogens is 2. The van der Waals surface area contributed by atoms with Crippen molar-refractivity contribution in [2.24, 2.45) is 0 Å². The van der Waals surface area contributed by atoms with Crippen LogP contribution in [0.3, 0.4) is 0 Å². The fraction of sp³-hybridized carbons (Fsp3) is 0.143. The molecule has 1 aromatic carbocycles. The van der Waals surface area contributed by atoms with Gasteiger partial charge in [0.1, 0.15) is 5.82 Å². The number of amides is 1. The lowest BCUT2D eigenvalue weighted by Crippen LogP contribution is -2.22. The minimum atomic E-state index is -0.469. The zero-order chi connectivity index (χ0) is 14.5. The molecule has 0 aliphatic carbocycles. The molecule has 2 aromatic rings. The Labute approximate surface area is 124 Å². The summed E-state index contributed by atoms with van der Waals surface area (Å²) in [5, 5.41) is 2.71. The highest BCUT2D eigenvalue weighted by Crippen LogP contribution is 2.16. The molecule has 104 valence electrons. The van der Waals surface area contributed by atoms with Gasteiger partial charge in [0.2, 0.25) is 5.88 Å². The number of hydrogen-bond acceptors (Lipinski definition) is 3. The third-order valence-corrected chi connectivity index (χ3v) is 3.29. The summed E-state index contributed by atoms with van der Waals surface area (Å²) < 4.78 is 18.7. The average molecular weight is 339 g/mol. The minimum absolute atomic E-state index is 0.270. The molecule has 20 heavy (non-hydrogen) atoms. The van der Waals surface area contributed by atoms with Crippen LogP contribution in [-0.4, -0.2) is 18.0 Å². The highest BCUT2D eigenvalue weighted by molar-refractivity contribution is 9.10. The van der Waals surface area contributed by atoms with E-state index in [9.17, 15) is 9.18 Å². The quantitative estimate of drug-likeness (QED) is 0.932. The van der Waals surface area contributed by atoms with Crippen molar-refractivity contribution in [1.29, 1.82) is 0 Å². The van der Waals surface area contributed by atoms with Crippen LogP contribution in [0.15, 0.2) is 41.0 Å². The Morgan fingerprint density at radius 2 is 2.20 bits per heavy atom. The molecule has 1 aromatic heterocycles. The highest BCUT2D eigenvalue weighted by atomic mass is 79.9. The molecule has 0 radical (unpaired) electrons. The molecule has 0 aliphatic heterocycles. The summed E-state index contributed by atoms with van der Waals surface area (Å²) in [6, 6.07) is 7.73. The fourth-order valence-corrected chi connectivity index (χ4v) is 1.84. The van der Waals surface area contributed by atoms with Crippen molar-refractivity contribution in [2.45, 2.75) is 6.54 Å². The molecule has 0 saturated heterocycles. The summed E-state index contributed by atoms with van der Waals surface area (Å²) >= 11 is 3.04. The summed E-state index contributed by atoms with van der Waals surface area (Å²) in [4.78, 5) is 15.9. The molecule has 4 nitrogen and oxygen atoms in total. The van der Waals surface area contributed by atoms with Crippen molar-refractivity contribution in [3.8, 4) is 5.88 Å². The van der Waals surface area contributed by atoms with Crippen molar-refractivity contribution in [3.63, 3.8) is 0 Å². The SMILES string of the molecule is COc1cc(CNC(=O)c2ccc(Br)c(F)c2)ccn1. The molecular formula is C14H12BrFN2O2. The Bertz CT molecular complexity index is 634. The van der Waals surface area contributed by atoms with Crippen LogP contribution in [0.1, 0.15) is 15.9 Å². The second-order valence-electron chi connectivity index (χ2n) is 4.02. The molecule has 0 aliphatic rings. The number of nitrogens with one attached hydrogen (secondary N) is 1. The van der Waals surface area contributed by atoms with Crippen LogP contribution in [0.5, 0.6) is 5.88 Å². The van der Waals surface area contributed by atoms with E-state index in [-0.39, 0.29) is 11.5 Å². The number of nitrogens with zero attached hydrogens (tertiary/aromatic N) is 1. The van der Waals surface area contributed by atoms with E-state index in [0.29, 0.717) is 16.9 Å². The zero-order valence-corrected chi connectivity index (χ0v) is 12.3. The van der Waals surface area contributed by atoms with Gasteiger partial charge in [0, 0.05) is 24.4 Å². The van der Waals surface area contributed by atoms with Gasteiger partial charge < -0.3 is 10.1 Å². The molecule has 0 unspecified atom stereocenters. The molecular weight excluding hydrogens is 327 g/mol. The van der Waals surface area contributed by atoms with E-state index in [1.54, 1.807) is 24.4 Å². The fourth-order valence-electron chi connectivity index (χ4n) is 1.59. The molecule has 0 atom stereocenters. The number of pyridine rings is 1. The number of methoxy groups -OCH3 is 1. The van der Waals surface area contributed by atoms with Gasteiger partial charge >= 0.3 is 0 Å². The number of ether oxygens (including phenoxy) is 1. The van der Waals surface area contributed by atoms with Crippen LogP contribution in [-0.2, 0) is 6.54 Å². The molecule has 6 heteroatoms. The van der Waals surface area contributed by atoms with E-state index in [2.05, 4.69) is 26.2 Å². The van der Waals surface area contributed by atoms with Crippen molar-refractivity contribution >= 4 is 21.8 Å². The number of carbonyl (C=O) groups excluding carboxylic acids is 1. The van der Waals surface area contributed by atoms with Crippen molar-refractivity contribution in [1.82, 2.24) is 10.3 Å². The summed E-state index contributed by atoms with van der Waals surface area (Å²) in [5.74, 6) is -0.332. The van der Waals surface area contributed by atoms with Gasteiger partial charge in [0.15, 0.2) is 0 Å². The van der Waals surface area contributed by atoms with Gasteiger partial charge in [-0.15, -0.1) is 0 Å². The van der Waals surface area contributed by atoms with Gasteiger partial charge in [0.25, 0.3) is 5.91 Å². The van der Waals surface area contributed by atoms with E-state index in [0.717, 1.165) is 5.56 Å². The maximum Gasteiger partial charge on any atom is 0.251 e. The lowest BCUT2D eigenvalue weighted by molar-refractivity contribution is 0.0950. The molecule has 0 saturated carbocycles. The van der Waals surface area contributed by atoms with Gasteiger partial charge in [-0.25, -0.2) is 9.37 Å². The first-order chi connectivity index (χ1) is 9.60. The van der Waals surface area contributed by atoms with Gasteiger partial charge in [-0.1, -0.05) is 0 Å². The zero-order valence-electron chi connectivity index (χ0n) is 10.7. The predicted molar refractivity (Wildman–Crippen MR) is 76.1 cm³/mol. The number of carbonyl (C=O) groups is 1. The van der Waals surface area contributed by atoms with Gasteiger partial charge in [-0.2, -0.15) is 0 Å². The lowest BCUT2D eigenvalue weighted by Gasteiger charge is -2.07. The Hall–Kier alpha value is -1.95. The second kappa shape index (κ2) is 6.47. The first-order valence-electron chi connectivity index (χ1n) is 5.82. The Morgan fingerprint density at radius 1 is 1.40 bits per heavy atom. The van der Waals surface area contributed by atoms with Gasteiger partial charge in [0.05, 0.1) is 11.6 Å². The molecule has 1 heterocycles. The number of hydrogen-bond donors (Lipinski definition) is 1. The van der Waals surface area contributed by atoms with Crippen molar-refractivity contribution < 1.29 is 13.9 Å². The van der Waals surface area contributed by atoms with Crippen LogP contribution in [0.25, 0.3) is 0 Å². The Balaban J connectivity index is 2.02. The van der Waals surface area contributed by atoms with E-state index in [4.69, 9.17) is 4.74 Å². The summed E-state index contributed by atoms with van der Waals surface area (Å²) in [5.41, 5.74) is 1.12. The van der Waals surface area contributed by atoms with Crippen molar-refractivity contribution in [2.75, 3.05) is 7.11 Å². The molecule has 0 fully saturated rings. The summed E-state index contributed by atoms with van der Waals surface area (Å²) in [6.07, 6.45) is 1.60. The maximum absolute atomic E-state index is 13.3. The van der Waals surface area contributed by atoms with Crippen molar-refractivity contribution in [3.05, 3.63) is 57.9 Å². The van der Waals surface area contributed by atoms with Crippen LogP contribution >= 0.6 is 15.9 Å². The number of benzene rings is 1. The van der Waals surface area contributed by atoms with E-state index < -0.39 is 5.82 Å². The molecule has 0 spiro atoms. The topological polar surface area (TPSA) is 51.2 Å². The predicted octanol–water partition coefficient (Wildman–Crippen LogP) is 2.92. The molecule has 1 amide bonds. The van der Waals surface area contributed by atoms with Gasteiger partial charge in [-0.05, 0) is 45.8 Å². The molecule has 2 rings (SSSR count). The summed E-state index contributed by atoms with van der Waals surface area (Å²) in [7, 11) is 1.52. The Morgan fingerprint density at radius 3 is 2.90 bits per heavy atom. The largest absolute Gasteiger partial charge is 0.481 e. The third kappa shape index (κ3) is 3.54. The monoisotopic (exact) mass is 338 g/mol. The standard InChI is InChI=1S/C14H12BrFN2O2/c1-20-13-6-9(4-5-17-13)8-18-14(19)10-2-3-11(15)12(16)7-10/h2-7H,8H2,1H3,(H,18,19). The van der Waals surface area contributed by atoms with Crippen LogP contribution in [0.2, 0.25) is 0 Å². The number of rotatable bonds is 4. The van der Waals surface area contributed by atoms with E-state index >= 15 is 0 Å². The average Bonchev–Trinajstić information content (AvgIpc) is 2.47. The van der Waals surface area contributed by atoms with Crippen LogP contribution < -0.4 is 10.1 Å². The lowest BCUT2D eigenvalue weighted by atomic mass is 10.2. The highest BCUT2D eigenvalue weighted by Gasteiger charge is 2.08. The first kappa shape index (κ1) is 14.5. The van der Waals surface area contributed by atoms with E-state index in [1.165, 1.54) is 19.2 Å². The van der Waals surface area contributed by atoms with Crippen LogP contribution in [0.4, 0.5) is 4.39 Å².